The summed E-state index contributed by atoms with van der Waals surface area (Å²) in [5.41, 5.74) is 1.97. The molecule has 0 aliphatic carbocycles. The number of ether oxygens (including phenoxy) is 1. The molecular formula is C10H12FNO. The number of nitrogens with one attached hydrogen (secondary N) is 1. The van der Waals surface area contributed by atoms with Gasteiger partial charge >= 0.3 is 0 Å². The van der Waals surface area contributed by atoms with Crippen molar-refractivity contribution in [2.45, 2.75) is 12.8 Å². The normalized spacial score (nSPS) is 14.6. The van der Waals surface area contributed by atoms with E-state index < -0.39 is 0 Å². The lowest BCUT2D eigenvalue weighted by atomic mass is 10.0. The number of rotatable bonds is 1. The van der Waals surface area contributed by atoms with Crippen molar-refractivity contribution in [3.05, 3.63) is 23.5 Å². The van der Waals surface area contributed by atoms with Gasteiger partial charge in [-0.3, -0.25) is 0 Å². The van der Waals surface area contributed by atoms with Crippen LogP contribution in [0.3, 0.4) is 0 Å². The summed E-state index contributed by atoms with van der Waals surface area (Å²) in [6.45, 7) is 0.939. The van der Waals surface area contributed by atoms with Crippen molar-refractivity contribution >= 4 is 5.69 Å². The van der Waals surface area contributed by atoms with Gasteiger partial charge in [0.25, 0.3) is 0 Å². The number of halogens is 1. The van der Waals surface area contributed by atoms with E-state index in [0.29, 0.717) is 5.75 Å². The van der Waals surface area contributed by atoms with E-state index in [1.807, 2.05) is 0 Å². The van der Waals surface area contributed by atoms with Gasteiger partial charge in [-0.15, -0.1) is 0 Å². The van der Waals surface area contributed by atoms with Gasteiger partial charge in [-0.1, -0.05) is 0 Å². The third-order valence-electron chi connectivity index (χ3n) is 2.29. The predicted octanol–water partition coefficient (Wildman–Crippen LogP) is 2.19. The summed E-state index contributed by atoms with van der Waals surface area (Å²) in [7, 11) is 1.56. The summed E-state index contributed by atoms with van der Waals surface area (Å²) in [6.07, 6.45) is 1.98. The van der Waals surface area contributed by atoms with Gasteiger partial charge in [0.2, 0.25) is 0 Å². The third kappa shape index (κ3) is 1.46. The number of hydrogen-bond donors (Lipinski definition) is 1. The fourth-order valence-electron chi connectivity index (χ4n) is 1.69. The molecule has 1 aromatic carbocycles. The molecule has 0 spiro atoms. The zero-order chi connectivity index (χ0) is 9.26. The maximum absolute atomic E-state index is 13.0. The van der Waals surface area contributed by atoms with Crippen LogP contribution in [0.15, 0.2) is 12.1 Å². The smallest absolute Gasteiger partial charge is 0.145 e. The van der Waals surface area contributed by atoms with Crippen molar-refractivity contribution in [1.29, 1.82) is 0 Å². The maximum atomic E-state index is 13.0. The van der Waals surface area contributed by atoms with Gasteiger partial charge in [0, 0.05) is 12.6 Å². The SMILES string of the molecule is COc1cc(F)cc2c1NCCC2. The molecule has 2 nitrogen and oxygen atoms in total. The lowest BCUT2D eigenvalue weighted by Gasteiger charge is -2.20. The van der Waals surface area contributed by atoms with E-state index in [1.165, 1.54) is 6.07 Å². The number of benzene rings is 1. The molecule has 0 amide bonds. The molecule has 0 aromatic heterocycles. The zero-order valence-corrected chi connectivity index (χ0v) is 7.56. The summed E-state index contributed by atoms with van der Waals surface area (Å²) in [5, 5.41) is 3.22. The maximum Gasteiger partial charge on any atom is 0.145 e. The van der Waals surface area contributed by atoms with Gasteiger partial charge in [0.1, 0.15) is 11.6 Å². The van der Waals surface area contributed by atoms with Crippen molar-refractivity contribution in [3.8, 4) is 5.75 Å². The first kappa shape index (κ1) is 8.35. The van der Waals surface area contributed by atoms with E-state index >= 15 is 0 Å². The standard InChI is InChI=1S/C10H12FNO/c1-13-9-6-8(11)5-7-3-2-4-12-10(7)9/h5-6,12H,2-4H2,1H3. The molecule has 0 fully saturated rings. The summed E-state index contributed by atoms with van der Waals surface area (Å²) in [6, 6.07) is 2.99. The van der Waals surface area contributed by atoms with Crippen LogP contribution in [0.25, 0.3) is 0 Å². The highest BCUT2D eigenvalue weighted by atomic mass is 19.1. The lowest BCUT2D eigenvalue weighted by molar-refractivity contribution is 0.411. The number of aryl methyl sites for hydroxylation is 1. The van der Waals surface area contributed by atoms with E-state index in [1.54, 1.807) is 13.2 Å². The molecule has 2 rings (SSSR count). The first-order valence-corrected chi connectivity index (χ1v) is 4.41. The molecule has 0 radical (unpaired) electrons. The fourth-order valence-corrected chi connectivity index (χ4v) is 1.69. The molecule has 0 saturated heterocycles. The molecule has 13 heavy (non-hydrogen) atoms. The monoisotopic (exact) mass is 181 g/mol. The van der Waals surface area contributed by atoms with E-state index in [2.05, 4.69) is 5.32 Å². The Morgan fingerprint density at radius 1 is 1.46 bits per heavy atom. The minimum Gasteiger partial charge on any atom is -0.494 e. The molecule has 3 heteroatoms. The topological polar surface area (TPSA) is 21.3 Å². The number of methoxy groups -OCH3 is 1. The molecule has 1 heterocycles. The Bertz CT molecular complexity index is 308. The molecule has 0 saturated carbocycles. The highest BCUT2D eigenvalue weighted by molar-refractivity contribution is 5.63. The zero-order valence-electron chi connectivity index (χ0n) is 7.56. The third-order valence-corrected chi connectivity index (χ3v) is 2.29. The van der Waals surface area contributed by atoms with E-state index in [4.69, 9.17) is 4.74 Å². The number of hydrogen-bond acceptors (Lipinski definition) is 2. The van der Waals surface area contributed by atoms with Crippen molar-refractivity contribution in [3.63, 3.8) is 0 Å². The van der Waals surface area contributed by atoms with E-state index in [0.717, 1.165) is 30.6 Å². The first-order chi connectivity index (χ1) is 6.31. The van der Waals surface area contributed by atoms with Crippen molar-refractivity contribution < 1.29 is 9.13 Å². The number of fused-ring (bicyclic) bond motifs is 1. The van der Waals surface area contributed by atoms with Crippen molar-refractivity contribution in [2.24, 2.45) is 0 Å². The van der Waals surface area contributed by atoms with Gasteiger partial charge < -0.3 is 10.1 Å². The Morgan fingerprint density at radius 2 is 2.31 bits per heavy atom. The van der Waals surface area contributed by atoms with Crippen LogP contribution in [0.4, 0.5) is 10.1 Å². The highest BCUT2D eigenvalue weighted by Gasteiger charge is 2.14. The van der Waals surface area contributed by atoms with Crippen LogP contribution in [-0.4, -0.2) is 13.7 Å². The first-order valence-electron chi connectivity index (χ1n) is 4.41. The number of anilines is 1. The van der Waals surface area contributed by atoms with Crippen LogP contribution in [0, 0.1) is 5.82 Å². The average Bonchev–Trinajstić information content (AvgIpc) is 2.16. The van der Waals surface area contributed by atoms with Crippen LogP contribution >= 0.6 is 0 Å². The molecule has 1 aliphatic heterocycles. The fraction of sp³-hybridized carbons (Fsp3) is 0.400. The van der Waals surface area contributed by atoms with Crippen LogP contribution in [0.2, 0.25) is 0 Å². The second-order valence-electron chi connectivity index (χ2n) is 3.17. The quantitative estimate of drug-likeness (QED) is 0.717. The summed E-state index contributed by atoms with van der Waals surface area (Å²) in [5.74, 6) is 0.383. The average molecular weight is 181 g/mol. The molecule has 70 valence electrons. The van der Waals surface area contributed by atoms with Gasteiger partial charge in [0.15, 0.2) is 0 Å². The Balaban J connectivity index is 2.50. The molecule has 0 unspecified atom stereocenters. The molecule has 0 bridgehead atoms. The molecule has 1 aromatic rings. The highest BCUT2D eigenvalue weighted by Crippen LogP contribution is 2.32. The van der Waals surface area contributed by atoms with Crippen LogP contribution < -0.4 is 10.1 Å². The van der Waals surface area contributed by atoms with Crippen LogP contribution in [0.5, 0.6) is 5.75 Å². The van der Waals surface area contributed by atoms with Crippen molar-refractivity contribution in [2.75, 3.05) is 19.0 Å². The molecular weight excluding hydrogens is 169 g/mol. The van der Waals surface area contributed by atoms with Crippen LogP contribution in [-0.2, 0) is 6.42 Å². The second-order valence-corrected chi connectivity index (χ2v) is 3.17. The van der Waals surface area contributed by atoms with Gasteiger partial charge in [-0.05, 0) is 24.5 Å². The summed E-state index contributed by atoms with van der Waals surface area (Å²) < 4.78 is 18.1. The van der Waals surface area contributed by atoms with Gasteiger partial charge in [-0.25, -0.2) is 4.39 Å². The molecule has 1 aliphatic rings. The van der Waals surface area contributed by atoms with Crippen molar-refractivity contribution in [1.82, 2.24) is 0 Å². The molecule has 1 N–H and O–H groups in total. The summed E-state index contributed by atoms with van der Waals surface area (Å²) in [4.78, 5) is 0. The Hall–Kier alpha value is -1.25. The van der Waals surface area contributed by atoms with E-state index in [9.17, 15) is 4.39 Å². The van der Waals surface area contributed by atoms with Gasteiger partial charge in [-0.2, -0.15) is 0 Å². The second kappa shape index (κ2) is 3.24. The Kier molecular flexibility index (Phi) is 2.08. The molecule has 0 atom stereocenters. The van der Waals surface area contributed by atoms with E-state index in [-0.39, 0.29) is 5.82 Å². The minimum absolute atomic E-state index is 0.223. The summed E-state index contributed by atoms with van der Waals surface area (Å²) >= 11 is 0. The largest absolute Gasteiger partial charge is 0.494 e. The lowest BCUT2D eigenvalue weighted by Crippen LogP contribution is -2.13. The predicted molar refractivity (Wildman–Crippen MR) is 49.8 cm³/mol. The Labute approximate surface area is 76.7 Å². The van der Waals surface area contributed by atoms with Crippen LogP contribution in [0.1, 0.15) is 12.0 Å². The Morgan fingerprint density at radius 3 is 3.08 bits per heavy atom. The minimum atomic E-state index is -0.223. The van der Waals surface area contributed by atoms with Gasteiger partial charge in [0.05, 0.1) is 12.8 Å².